The van der Waals surface area contributed by atoms with Gasteiger partial charge in [0.05, 0.1) is 0 Å². The summed E-state index contributed by atoms with van der Waals surface area (Å²) in [6.45, 7) is 14.4. The molecule has 1 aliphatic rings. The van der Waals surface area contributed by atoms with Gasteiger partial charge in [-0.15, -0.1) is 12.4 Å². The van der Waals surface area contributed by atoms with Gasteiger partial charge in [-0.05, 0) is 66.1 Å². The molecule has 1 aliphatic carbocycles. The molecule has 2 rings (SSSR count). The Morgan fingerprint density at radius 3 is 2.19 bits per heavy atom. The second kappa shape index (κ2) is 8.27. The fourth-order valence-corrected chi connectivity index (χ4v) is 3.59. The number of ketones is 1. The predicted molar refractivity (Wildman–Crippen MR) is 115 cm³/mol. The van der Waals surface area contributed by atoms with Crippen LogP contribution in [-0.4, -0.2) is 31.3 Å². The molecule has 2 nitrogen and oxygen atoms in total. The Labute approximate surface area is 166 Å². The van der Waals surface area contributed by atoms with Gasteiger partial charge in [-0.1, -0.05) is 59.7 Å². The molecular formula is C23H36ClNO. The molecule has 0 heterocycles. The summed E-state index contributed by atoms with van der Waals surface area (Å²) in [4.78, 5) is 14.9. The maximum absolute atomic E-state index is 12.7. The summed E-state index contributed by atoms with van der Waals surface area (Å²) in [6, 6.07) is 6.77. The van der Waals surface area contributed by atoms with E-state index >= 15 is 0 Å². The second-order valence-corrected chi connectivity index (χ2v) is 9.83. The van der Waals surface area contributed by atoms with Crippen molar-refractivity contribution in [3.05, 3.63) is 40.5 Å². The molecule has 3 heteroatoms. The zero-order chi connectivity index (χ0) is 19.0. The van der Waals surface area contributed by atoms with E-state index in [0.717, 1.165) is 25.0 Å². The molecule has 1 aromatic rings. The highest BCUT2D eigenvalue weighted by Gasteiger charge is 2.30. The van der Waals surface area contributed by atoms with Gasteiger partial charge in [0.2, 0.25) is 0 Å². The lowest BCUT2D eigenvalue weighted by molar-refractivity contribution is -0.118. The summed E-state index contributed by atoms with van der Waals surface area (Å²) in [5.41, 5.74) is 5.07. The quantitative estimate of drug-likeness (QED) is 0.636. The Balaban J connectivity index is 0.00000338. The molecule has 146 valence electrons. The first-order valence-corrected chi connectivity index (χ1v) is 9.44. The summed E-state index contributed by atoms with van der Waals surface area (Å²) >= 11 is 0. The molecule has 0 aromatic heterocycles. The van der Waals surface area contributed by atoms with Crippen molar-refractivity contribution in [3.63, 3.8) is 0 Å². The highest BCUT2D eigenvalue weighted by Crippen LogP contribution is 2.35. The maximum Gasteiger partial charge on any atom is 0.163 e. The van der Waals surface area contributed by atoms with Crippen LogP contribution in [0.4, 0.5) is 0 Å². The number of nitrogens with zero attached hydrogens (tertiary/aromatic N) is 1. The molecule has 0 spiro atoms. The lowest BCUT2D eigenvalue weighted by Crippen LogP contribution is -2.24. The van der Waals surface area contributed by atoms with Crippen molar-refractivity contribution in [3.8, 4) is 0 Å². The van der Waals surface area contributed by atoms with Crippen LogP contribution < -0.4 is 0 Å². The molecule has 0 radical (unpaired) electrons. The third-order valence-electron chi connectivity index (χ3n) is 5.09. The molecule has 0 saturated heterocycles. The van der Waals surface area contributed by atoms with Crippen molar-refractivity contribution in [1.29, 1.82) is 0 Å². The van der Waals surface area contributed by atoms with Crippen LogP contribution >= 0.6 is 12.4 Å². The van der Waals surface area contributed by atoms with Gasteiger partial charge < -0.3 is 4.90 Å². The summed E-state index contributed by atoms with van der Waals surface area (Å²) in [6.07, 6.45) is 4.04. The monoisotopic (exact) mass is 377 g/mol. The van der Waals surface area contributed by atoms with Crippen LogP contribution in [0, 0.1) is 5.92 Å². The standard InChI is InChI=1S/C23H35NO.ClH/c1-22(2,3)19-12-11-16(20(14-19)23(4,5)6)13-17-9-10-18(21(17)25)15-24(7)8;/h11-14,18H,9-10,15H2,1-8H3;1H. The number of benzene rings is 1. The fraction of sp³-hybridized carbons (Fsp3) is 0.609. The lowest BCUT2D eigenvalue weighted by atomic mass is 9.78. The summed E-state index contributed by atoms with van der Waals surface area (Å²) in [7, 11) is 4.08. The van der Waals surface area contributed by atoms with Crippen molar-refractivity contribution >= 4 is 24.3 Å². The van der Waals surface area contributed by atoms with Gasteiger partial charge in [-0.3, -0.25) is 4.79 Å². The zero-order valence-electron chi connectivity index (χ0n) is 17.8. The number of allylic oxidation sites excluding steroid dienone is 1. The van der Waals surface area contributed by atoms with Crippen LogP contribution in [0.1, 0.15) is 71.1 Å². The first kappa shape index (κ1) is 22.9. The minimum Gasteiger partial charge on any atom is -0.309 e. The number of hydrogen-bond donors (Lipinski definition) is 0. The van der Waals surface area contributed by atoms with Gasteiger partial charge in [0.25, 0.3) is 0 Å². The van der Waals surface area contributed by atoms with Gasteiger partial charge in [-0.2, -0.15) is 0 Å². The number of halogens is 1. The van der Waals surface area contributed by atoms with Crippen LogP contribution in [0.3, 0.4) is 0 Å². The summed E-state index contributed by atoms with van der Waals surface area (Å²) in [5, 5.41) is 0. The number of carbonyl (C=O) groups is 1. The van der Waals surface area contributed by atoms with E-state index in [2.05, 4.69) is 70.7 Å². The number of rotatable bonds is 3. The molecule has 26 heavy (non-hydrogen) atoms. The Morgan fingerprint density at radius 1 is 1.08 bits per heavy atom. The maximum atomic E-state index is 12.7. The Bertz CT molecular complexity index is 674. The first-order chi connectivity index (χ1) is 11.4. The van der Waals surface area contributed by atoms with Crippen molar-refractivity contribution in [2.24, 2.45) is 5.92 Å². The molecule has 1 unspecified atom stereocenters. The molecule has 0 amide bonds. The van der Waals surface area contributed by atoms with Crippen LogP contribution in [0.15, 0.2) is 23.8 Å². The predicted octanol–water partition coefficient (Wildman–Crippen LogP) is 5.63. The Morgan fingerprint density at radius 2 is 1.69 bits per heavy atom. The van der Waals surface area contributed by atoms with E-state index in [-0.39, 0.29) is 29.2 Å². The second-order valence-electron chi connectivity index (χ2n) is 9.83. The normalized spacial score (nSPS) is 20.0. The molecule has 1 fully saturated rings. The molecule has 1 aromatic carbocycles. The van der Waals surface area contributed by atoms with Crippen molar-refractivity contribution in [2.75, 3.05) is 20.6 Å². The molecule has 1 saturated carbocycles. The summed E-state index contributed by atoms with van der Waals surface area (Å²) in [5.74, 6) is 0.502. The van der Waals surface area contributed by atoms with E-state index in [1.165, 1.54) is 16.7 Å². The van der Waals surface area contributed by atoms with E-state index in [9.17, 15) is 4.79 Å². The van der Waals surface area contributed by atoms with Crippen LogP contribution in [0.5, 0.6) is 0 Å². The van der Waals surface area contributed by atoms with Gasteiger partial charge >= 0.3 is 0 Å². The van der Waals surface area contributed by atoms with E-state index in [1.54, 1.807) is 0 Å². The Kier molecular flexibility index (Phi) is 7.29. The molecule has 1 atom stereocenters. The summed E-state index contributed by atoms with van der Waals surface area (Å²) < 4.78 is 0. The lowest BCUT2D eigenvalue weighted by Gasteiger charge is -2.27. The average molecular weight is 378 g/mol. The van der Waals surface area contributed by atoms with Gasteiger partial charge in [-0.25, -0.2) is 0 Å². The van der Waals surface area contributed by atoms with Crippen molar-refractivity contribution in [1.82, 2.24) is 4.90 Å². The largest absolute Gasteiger partial charge is 0.309 e. The van der Waals surface area contributed by atoms with Gasteiger partial charge in [0.1, 0.15) is 0 Å². The minimum atomic E-state index is 0. The van der Waals surface area contributed by atoms with Crippen molar-refractivity contribution in [2.45, 2.75) is 65.2 Å². The van der Waals surface area contributed by atoms with E-state index < -0.39 is 0 Å². The topological polar surface area (TPSA) is 20.3 Å². The molecule has 0 N–H and O–H groups in total. The molecule has 0 bridgehead atoms. The van der Waals surface area contributed by atoms with Crippen molar-refractivity contribution < 1.29 is 4.79 Å². The molecule has 0 aliphatic heterocycles. The number of hydrogen-bond acceptors (Lipinski definition) is 2. The van der Waals surface area contributed by atoms with E-state index in [4.69, 9.17) is 0 Å². The van der Waals surface area contributed by atoms with Gasteiger partial charge in [0, 0.05) is 12.5 Å². The van der Waals surface area contributed by atoms with Crippen LogP contribution in [0.2, 0.25) is 0 Å². The minimum absolute atomic E-state index is 0. The highest BCUT2D eigenvalue weighted by molar-refractivity contribution is 6.03. The first-order valence-electron chi connectivity index (χ1n) is 9.44. The third kappa shape index (κ3) is 5.44. The molecular weight excluding hydrogens is 342 g/mol. The zero-order valence-corrected chi connectivity index (χ0v) is 18.6. The number of carbonyl (C=O) groups excluding carboxylic acids is 1. The van der Waals surface area contributed by atoms with E-state index in [1.807, 2.05) is 14.1 Å². The number of Topliss-reactive ketones (excluding diaryl/α,β-unsaturated/α-hetero) is 1. The highest BCUT2D eigenvalue weighted by atomic mass is 35.5. The third-order valence-corrected chi connectivity index (χ3v) is 5.09. The van der Waals surface area contributed by atoms with Crippen LogP contribution in [0.25, 0.3) is 6.08 Å². The fourth-order valence-electron chi connectivity index (χ4n) is 3.59. The van der Waals surface area contributed by atoms with Gasteiger partial charge in [0.15, 0.2) is 5.78 Å². The van der Waals surface area contributed by atoms with Crippen LogP contribution in [-0.2, 0) is 15.6 Å². The SMILES string of the molecule is CN(C)CC1CCC(=Cc2ccc(C(C)(C)C)cc2C(C)(C)C)C1=O.Cl. The smallest absolute Gasteiger partial charge is 0.163 e. The average Bonchev–Trinajstić information content (AvgIpc) is 2.78. The van der Waals surface area contributed by atoms with E-state index in [0.29, 0.717) is 5.78 Å². The Hall–Kier alpha value is -1.12.